The Hall–Kier alpha value is -1.92. The minimum atomic E-state index is -3.51. The molecule has 6 heteroatoms. The fourth-order valence-corrected chi connectivity index (χ4v) is 3.94. The average molecular weight is 332 g/mol. The molecule has 122 valence electrons. The molecule has 1 N–H and O–H groups in total. The third kappa shape index (κ3) is 3.71. The summed E-state index contributed by atoms with van der Waals surface area (Å²) in [6.45, 7) is 1.73. The molecule has 1 heterocycles. The highest BCUT2D eigenvalue weighted by Crippen LogP contribution is 2.18. The number of hydrogen-bond donors (Lipinski definition) is 1. The van der Waals surface area contributed by atoms with Gasteiger partial charge in [0.1, 0.15) is 0 Å². The van der Waals surface area contributed by atoms with E-state index in [1.807, 2.05) is 30.3 Å². The van der Waals surface area contributed by atoms with E-state index in [0.29, 0.717) is 25.9 Å². The van der Waals surface area contributed by atoms with Crippen molar-refractivity contribution in [2.24, 2.45) is 0 Å². The van der Waals surface area contributed by atoms with E-state index in [-0.39, 0.29) is 10.8 Å². The zero-order valence-electron chi connectivity index (χ0n) is 12.9. The maximum absolute atomic E-state index is 12.3. The maximum Gasteiger partial charge on any atom is 0.240 e. The monoisotopic (exact) mass is 332 g/mol. The highest BCUT2D eigenvalue weighted by molar-refractivity contribution is 7.89. The second-order valence-corrected chi connectivity index (χ2v) is 7.51. The van der Waals surface area contributed by atoms with Crippen molar-refractivity contribution in [2.75, 3.05) is 19.6 Å². The molecule has 0 saturated carbocycles. The predicted molar refractivity (Wildman–Crippen MR) is 89.6 cm³/mol. The Morgan fingerprint density at radius 3 is 2.61 bits per heavy atom. The third-order valence-electron chi connectivity index (χ3n) is 4.10. The van der Waals surface area contributed by atoms with Crippen LogP contribution >= 0.6 is 0 Å². The van der Waals surface area contributed by atoms with Crippen molar-refractivity contribution in [1.29, 1.82) is 0 Å². The Balaban J connectivity index is 1.60. The van der Waals surface area contributed by atoms with Crippen molar-refractivity contribution < 1.29 is 13.2 Å². The zero-order valence-corrected chi connectivity index (χ0v) is 13.7. The minimum Gasteiger partial charge on any atom is -0.343 e. The number of hydrogen-bond acceptors (Lipinski definition) is 3. The summed E-state index contributed by atoms with van der Waals surface area (Å²) in [6, 6.07) is 12.8. The van der Waals surface area contributed by atoms with Crippen LogP contribution in [0.4, 0.5) is 0 Å². The Kier molecular flexibility index (Phi) is 4.63. The normalized spacial score (nSPS) is 15.5. The lowest BCUT2D eigenvalue weighted by molar-refractivity contribution is -0.127. The topological polar surface area (TPSA) is 66.5 Å². The number of amides is 1. The van der Waals surface area contributed by atoms with E-state index in [4.69, 9.17) is 0 Å². The highest BCUT2D eigenvalue weighted by Gasteiger charge is 2.19. The van der Waals surface area contributed by atoms with Gasteiger partial charge in [-0.2, -0.15) is 0 Å². The summed E-state index contributed by atoms with van der Waals surface area (Å²) < 4.78 is 27.3. The van der Waals surface area contributed by atoms with Crippen LogP contribution in [0.1, 0.15) is 19.3 Å². The number of rotatable bonds is 6. The molecule has 0 aliphatic carbocycles. The zero-order chi connectivity index (χ0) is 16.3. The largest absolute Gasteiger partial charge is 0.343 e. The first kappa shape index (κ1) is 16.0. The number of likely N-dealkylation sites (tertiary alicyclic amines) is 1. The van der Waals surface area contributed by atoms with Gasteiger partial charge >= 0.3 is 0 Å². The van der Waals surface area contributed by atoms with Gasteiger partial charge in [0, 0.05) is 26.1 Å². The van der Waals surface area contributed by atoms with E-state index >= 15 is 0 Å². The number of carbonyl (C=O) groups is 1. The molecule has 0 aromatic heterocycles. The lowest BCUT2D eigenvalue weighted by atomic mass is 10.1. The molecular formula is C17H20N2O3S. The van der Waals surface area contributed by atoms with Gasteiger partial charge in [-0.05, 0) is 35.7 Å². The molecule has 1 fully saturated rings. The average Bonchev–Trinajstić information content (AvgIpc) is 2.96. The van der Waals surface area contributed by atoms with Crippen molar-refractivity contribution in [3.8, 4) is 0 Å². The number of benzene rings is 2. The summed E-state index contributed by atoms with van der Waals surface area (Å²) in [5, 5.41) is 1.91. The van der Waals surface area contributed by atoms with E-state index in [2.05, 4.69) is 4.72 Å². The molecule has 0 radical (unpaired) electrons. The minimum absolute atomic E-state index is 0.169. The number of nitrogens with zero attached hydrogens (tertiary/aromatic N) is 1. The maximum atomic E-state index is 12.3. The van der Waals surface area contributed by atoms with E-state index in [9.17, 15) is 13.2 Å². The molecule has 0 bridgehead atoms. The Labute approximate surface area is 136 Å². The van der Waals surface area contributed by atoms with Crippen LogP contribution in [0.25, 0.3) is 10.8 Å². The van der Waals surface area contributed by atoms with E-state index in [0.717, 1.165) is 23.7 Å². The Morgan fingerprint density at radius 2 is 1.87 bits per heavy atom. The molecule has 0 atom stereocenters. The highest BCUT2D eigenvalue weighted by atomic mass is 32.2. The van der Waals surface area contributed by atoms with Crippen LogP contribution in [0.2, 0.25) is 0 Å². The van der Waals surface area contributed by atoms with Gasteiger partial charge in [0.15, 0.2) is 0 Å². The van der Waals surface area contributed by atoms with Crippen LogP contribution in [0.3, 0.4) is 0 Å². The van der Waals surface area contributed by atoms with Crippen LogP contribution in [0.15, 0.2) is 47.4 Å². The number of fused-ring (bicyclic) bond motifs is 1. The van der Waals surface area contributed by atoms with Gasteiger partial charge in [-0.15, -0.1) is 0 Å². The second-order valence-electron chi connectivity index (χ2n) is 5.74. The summed E-state index contributed by atoms with van der Waals surface area (Å²) in [7, 11) is -3.51. The van der Waals surface area contributed by atoms with Gasteiger partial charge < -0.3 is 4.90 Å². The molecule has 2 aromatic carbocycles. The summed E-state index contributed by atoms with van der Waals surface area (Å²) in [5.74, 6) is 0.169. The summed E-state index contributed by atoms with van der Waals surface area (Å²) >= 11 is 0. The SMILES string of the molecule is O=C1CCCN1CCCNS(=O)(=O)c1ccc2ccccc2c1. The van der Waals surface area contributed by atoms with Crippen LogP contribution in [0, 0.1) is 0 Å². The summed E-state index contributed by atoms with van der Waals surface area (Å²) in [4.78, 5) is 13.6. The van der Waals surface area contributed by atoms with Crippen molar-refractivity contribution in [1.82, 2.24) is 9.62 Å². The van der Waals surface area contributed by atoms with Gasteiger partial charge in [0.05, 0.1) is 4.90 Å². The van der Waals surface area contributed by atoms with Crippen LogP contribution in [-0.2, 0) is 14.8 Å². The molecule has 3 rings (SSSR count). The second kappa shape index (κ2) is 6.68. The van der Waals surface area contributed by atoms with E-state index in [1.165, 1.54) is 0 Å². The molecule has 1 aliphatic heterocycles. The molecule has 1 aliphatic rings. The van der Waals surface area contributed by atoms with Crippen LogP contribution < -0.4 is 4.72 Å². The van der Waals surface area contributed by atoms with Crippen molar-refractivity contribution in [3.63, 3.8) is 0 Å². The van der Waals surface area contributed by atoms with Gasteiger partial charge in [-0.25, -0.2) is 13.1 Å². The van der Waals surface area contributed by atoms with Gasteiger partial charge in [0.25, 0.3) is 0 Å². The summed E-state index contributed by atoms with van der Waals surface area (Å²) in [5.41, 5.74) is 0. The summed E-state index contributed by atoms with van der Waals surface area (Å²) in [6.07, 6.45) is 2.14. The predicted octanol–water partition coefficient (Wildman–Crippen LogP) is 2.13. The van der Waals surface area contributed by atoms with E-state index in [1.54, 1.807) is 17.0 Å². The smallest absolute Gasteiger partial charge is 0.240 e. The quantitative estimate of drug-likeness (QED) is 0.824. The molecule has 0 spiro atoms. The molecule has 0 unspecified atom stereocenters. The standard InChI is InChI=1S/C17H20N2O3S/c20-17-7-3-11-19(17)12-4-10-18-23(21,22)16-9-8-14-5-1-2-6-15(14)13-16/h1-2,5-6,8-9,13,18H,3-4,7,10-12H2. The molecule has 23 heavy (non-hydrogen) atoms. The van der Waals surface area contributed by atoms with Crippen molar-refractivity contribution >= 4 is 26.7 Å². The fourth-order valence-electron chi connectivity index (χ4n) is 2.83. The van der Waals surface area contributed by atoms with Crippen LogP contribution in [0.5, 0.6) is 0 Å². The molecule has 1 amide bonds. The van der Waals surface area contributed by atoms with Gasteiger partial charge in [-0.1, -0.05) is 30.3 Å². The van der Waals surface area contributed by atoms with E-state index < -0.39 is 10.0 Å². The van der Waals surface area contributed by atoms with Gasteiger partial charge in [-0.3, -0.25) is 4.79 Å². The Bertz CT molecular complexity index is 817. The lowest BCUT2D eigenvalue weighted by Crippen LogP contribution is -2.30. The van der Waals surface area contributed by atoms with Crippen molar-refractivity contribution in [2.45, 2.75) is 24.2 Å². The number of nitrogens with one attached hydrogen (secondary N) is 1. The molecule has 1 saturated heterocycles. The van der Waals surface area contributed by atoms with Gasteiger partial charge in [0.2, 0.25) is 15.9 Å². The first-order valence-corrected chi connectivity index (χ1v) is 9.31. The molecular weight excluding hydrogens is 312 g/mol. The van der Waals surface area contributed by atoms with Crippen molar-refractivity contribution in [3.05, 3.63) is 42.5 Å². The lowest BCUT2D eigenvalue weighted by Gasteiger charge is -2.15. The van der Waals surface area contributed by atoms with Crippen LogP contribution in [-0.4, -0.2) is 38.9 Å². The number of sulfonamides is 1. The number of carbonyl (C=O) groups excluding carboxylic acids is 1. The molecule has 5 nitrogen and oxygen atoms in total. The Morgan fingerprint density at radius 1 is 1.09 bits per heavy atom. The first-order valence-electron chi connectivity index (χ1n) is 7.82. The fraction of sp³-hybridized carbons (Fsp3) is 0.353. The molecule has 2 aromatic rings. The third-order valence-corrected chi connectivity index (χ3v) is 5.56. The first-order chi connectivity index (χ1) is 11.1.